The second kappa shape index (κ2) is 7.22. The molecule has 0 heterocycles. The molecule has 2 N–H and O–H groups in total. The van der Waals surface area contributed by atoms with Crippen LogP contribution in [0.5, 0.6) is 0 Å². The fourth-order valence-corrected chi connectivity index (χ4v) is 2.56. The largest absolute Gasteiger partial charge is 0.480 e. The van der Waals surface area contributed by atoms with Gasteiger partial charge in [0.1, 0.15) is 5.54 Å². The summed E-state index contributed by atoms with van der Waals surface area (Å²) < 4.78 is 5.33. The second-order valence-electron chi connectivity index (χ2n) is 5.78. The first-order valence-electron chi connectivity index (χ1n) is 7.19. The van der Waals surface area contributed by atoms with Crippen LogP contribution in [0.15, 0.2) is 0 Å². The summed E-state index contributed by atoms with van der Waals surface area (Å²) in [5, 5.41) is 13.0. The van der Waals surface area contributed by atoms with E-state index >= 15 is 0 Å². The van der Waals surface area contributed by atoms with E-state index in [1.807, 2.05) is 27.8 Å². The molecule has 112 valence electrons. The quantitative estimate of drug-likeness (QED) is 0.585. The zero-order valence-corrected chi connectivity index (χ0v) is 12.6. The van der Waals surface area contributed by atoms with Gasteiger partial charge in [0.05, 0.1) is 6.61 Å². The van der Waals surface area contributed by atoms with Gasteiger partial charge in [0.2, 0.25) is 0 Å². The topological polar surface area (TPSA) is 61.8 Å². The van der Waals surface area contributed by atoms with Crippen LogP contribution in [-0.2, 0) is 9.53 Å². The maximum Gasteiger partial charge on any atom is 0.325 e. The number of nitrogens with one attached hydrogen (secondary N) is 1. The van der Waals surface area contributed by atoms with Crippen molar-refractivity contribution in [2.45, 2.75) is 45.2 Å². The Balaban J connectivity index is 2.64. The molecule has 5 nitrogen and oxygen atoms in total. The van der Waals surface area contributed by atoms with Crippen molar-refractivity contribution in [1.82, 2.24) is 10.2 Å². The first-order chi connectivity index (χ1) is 8.92. The minimum Gasteiger partial charge on any atom is -0.480 e. The summed E-state index contributed by atoms with van der Waals surface area (Å²) in [5.74, 6) is -0.478. The van der Waals surface area contributed by atoms with Crippen molar-refractivity contribution in [1.29, 1.82) is 0 Å². The molecule has 1 aliphatic rings. The molecule has 0 amide bonds. The van der Waals surface area contributed by atoms with Gasteiger partial charge in [0.25, 0.3) is 0 Å². The van der Waals surface area contributed by atoms with Crippen molar-refractivity contribution >= 4 is 5.97 Å². The van der Waals surface area contributed by atoms with Gasteiger partial charge < -0.3 is 14.7 Å². The number of carboxylic acids is 1. The highest BCUT2D eigenvalue weighted by Crippen LogP contribution is 2.40. The Bertz CT molecular complexity index is 292. The zero-order valence-electron chi connectivity index (χ0n) is 12.6. The van der Waals surface area contributed by atoms with Gasteiger partial charge in [0, 0.05) is 25.7 Å². The number of carbonyl (C=O) groups is 1. The third-order valence-electron chi connectivity index (χ3n) is 3.54. The Morgan fingerprint density at radius 1 is 1.53 bits per heavy atom. The number of hydrogen-bond acceptors (Lipinski definition) is 4. The summed E-state index contributed by atoms with van der Waals surface area (Å²) in [4.78, 5) is 13.8. The predicted molar refractivity (Wildman–Crippen MR) is 75.4 cm³/mol. The maximum atomic E-state index is 11.8. The van der Waals surface area contributed by atoms with Gasteiger partial charge in [-0.15, -0.1) is 0 Å². The molecule has 5 heteroatoms. The van der Waals surface area contributed by atoms with Crippen LogP contribution in [0.1, 0.15) is 33.6 Å². The van der Waals surface area contributed by atoms with E-state index in [1.54, 1.807) is 0 Å². The van der Waals surface area contributed by atoms with Crippen LogP contribution >= 0.6 is 0 Å². The van der Waals surface area contributed by atoms with Gasteiger partial charge in [-0.1, -0.05) is 0 Å². The van der Waals surface area contributed by atoms with E-state index in [1.165, 1.54) is 0 Å². The summed E-state index contributed by atoms with van der Waals surface area (Å²) in [6.07, 6.45) is 2.01. The number of nitrogens with zero attached hydrogens (tertiary/aromatic N) is 1. The lowest BCUT2D eigenvalue weighted by Gasteiger charge is -2.36. The van der Waals surface area contributed by atoms with Crippen molar-refractivity contribution in [2.75, 3.05) is 33.4 Å². The molecule has 0 spiro atoms. The summed E-state index contributed by atoms with van der Waals surface area (Å²) in [6, 6.07) is 0.164. The average Bonchev–Trinajstić information content (AvgIpc) is 3.11. The third kappa shape index (κ3) is 4.75. The van der Waals surface area contributed by atoms with E-state index in [4.69, 9.17) is 4.74 Å². The summed E-state index contributed by atoms with van der Waals surface area (Å²) in [7, 11) is 1.96. The Hall–Kier alpha value is -0.650. The van der Waals surface area contributed by atoms with E-state index in [0.29, 0.717) is 19.8 Å². The van der Waals surface area contributed by atoms with Crippen LogP contribution in [-0.4, -0.2) is 60.9 Å². The lowest BCUT2D eigenvalue weighted by molar-refractivity contribution is -0.147. The second-order valence-corrected chi connectivity index (χ2v) is 5.78. The van der Waals surface area contributed by atoms with E-state index in [0.717, 1.165) is 19.4 Å². The van der Waals surface area contributed by atoms with E-state index < -0.39 is 11.5 Å². The highest BCUT2D eigenvalue weighted by Gasteiger charge is 2.51. The molecule has 0 aromatic heterocycles. The summed E-state index contributed by atoms with van der Waals surface area (Å²) in [5.41, 5.74) is -0.810. The molecule has 0 bridgehead atoms. The van der Waals surface area contributed by atoms with Crippen molar-refractivity contribution < 1.29 is 14.6 Å². The minimum atomic E-state index is -0.810. The van der Waals surface area contributed by atoms with Gasteiger partial charge >= 0.3 is 5.97 Å². The number of likely N-dealkylation sites (N-methyl/N-ethyl adjacent to an activating group) is 1. The first kappa shape index (κ1) is 16.4. The fraction of sp³-hybridized carbons (Fsp3) is 0.929. The molecule has 0 aromatic carbocycles. The van der Waals surface area contributed by atoms with E-state index in [2.05, 4.69) is 10.2 Å². The standard InChI is InChI=1S/C14H28N2O3/c1-5-19-9-8-16(4)10-14(13(17)18,12-6-7-12)15-11(2)3/h11-12,15H,5-10H2,1-4H3,(H,17,18). The van der Waals surface area contributed by atoms with Crippen LogP contribution in [0.2, 0.25) is 0 Å². The van der Waals surface area contributed by atoms with Crippen molar-refractivity contribution in [3.8, 4) is 0 Å². The maximum absolute atomic E-state index is 11.8. The van der Waals surface area contributed by atoms with Crippen molar-refractivity contribution in [3.05, 3.63) is 0 Å². The van der Waals surface area contributed by atoms with Gasteiger partial charge in [-0.2, -0.15) is 0 Å². The normalized spacial score (nSPS) is 18.8. The van der Waals surface area contributed by atoms with Gasteiger partial charge in [-0.3, -0.25) is 10.1 Å². The van der Waals surface area contributed by atoms with Crippen molar-refractivity contribution in [2.24, 2.45) is 5.92 Å². The molecule has 19 heavy (non-hydrogen) atoms. The number of aliphatic carboxylic acids is 1. The van der Waals surface area contributed by atoms with Gasteiger partial charge in [0.15, 0.2) is 0 Å². The fourth-order valence-electron chi connectivity index (χ4n) is 2.56. The summed E-state index contributed by atoms with van der Waals surface area (Å²) in [6.45, 7) is 8.60. The smallest absolute Gasteiger partial charge is 0.325 e. The Labute approximate surface area is 116 Å². The molecule has 1 aliphatic carbocycles. The molecule has 1 unspecified atom stereocenters. The zero-order chi connectivity index (χ0) is 14.5. The van der Waals surface area contributed by atoms with Crippen LogP contribution in [0.25, 0.3) is 0 Å². The molecule has 0 aromatic rings. The first-order valence-corrected chi connectivity index (χ1v) is 7.19. The monoisotopic (exact) mass is 272 g/mol. The van der Waals surface area contributed by atoms with E-state index in [-0.39, 0.29) is 12.0 Å². The Morgan fingerprint density at radius 3 is 2.58 bits per heavy atom. The van der Waals surface area contributed by atoms with Crippen molar-refractivity contribution in [3.63, 3.8) is 0 Å². The predicted octanol–water partition coefficient (Wildman–Crippen LogP) is 1.19. The molecule has 1 saturated carbocycles. The molecule has 1 fully saturated rings. The van der Waals surface area contributed by atoms with Crippen LogP contribution in [0.4, 0.5) is 0 Å². The molecular formula is C14H28N2O3. The molecule has 1 rings (SSSR count). The van der Waals surface area contributed by atoms with Gasteiger partial charge in [-0.05, 0) is 46.6 Å². The Morgan fingerprint density at radius 2 is 2.16 bits per heavy atom. The number of hydrogen-bond donors (Lipinski definition) is 2. The molecule has 1 atom stereocenters. The molecule has 0 aliphatic heterocycles. The SMILES string of the molecule is CCOCCN(C)CC(NC(C)C)(C(=O)O)C1CC1. The highest BCUT2D eigenvalue weighted by atomic mass is 16.5. The van der Waals surface area contributed by atoms with Crippen LogP contribution in [0.3, 0.4) is 0 Å². The lowest BCUT2D eigenvalue weighted by Crippen LogP contribution is -2.62. The molecule has 0 saturated heterocycles. The number of carboxylic acid groups (broad SMARTS) is 1. The number of ether oxygens (including phenoxy) is 1. The number of rotatable bonds is 10. The van der Waals surface area contributed by atoms with Crippen LogP contribution < -0.4 is 5.32 Å². The average molecular weight is 272 g/mol. The summed E-state index contributed by atoms with van der Waals surface area (Å²) >= 11 is 0. The van der Waals surface area contributed by atoms with E-state index in [9.17, 15) is 9.90 Å². The molecular weight excluding hydrogens is 244 g/mol. The minimum absolute atomic E-state index is 0.164. The molecule has 0 radical (unpaired) electrons. The Kier molecular flexibility index (Phi) is 6.23. The highest BCUT2D eigenvalue weighted by molar-refractivity contribution is 5.80. The lowest BCUT2D eigenvalue weighted by atomic mass is 9.91. The van der Waals surface area contributed by atoms with Crippen LogP contribution in [0, 0.1) is 5.92 Å². The third-order valence-corrected chi connectivity index (χ3v) is 3.54. The van der Waals surface area contributed by atoms with Gasteiger partial charge in [-0.25, -0.2) is 0 Å².